The molecule has 0 atom stereocenters. The largest absolute Gasteiger partial charge is 0.398 e. The molecule has 3 aromatic rings. The fraction of sp³-hybridized carbons (Fsp3) is 0.292. The van der Waals surface area contributed by atoms with E-state index < -0.39 is 0 Å². The molecule has 0 bridgehead atoms. The molecule has 2 heterocycles. The number of rotatable bonds is 6. The van der Waals surface area contributed by atoms with Gasteiger partial charge in [-0.15, -0.1) is 0 Å². The average Bonchev–Trinajstić information content (AvgIpc) is 3.21. The fourth-order valence-corrected chi connectivity index (χ4v) is 3.88. The predicted octanol–water partition coefficient (Wildman–Crippen LogP) is 5.35. The van der Waals surface area contributed by atoms with E-state index in [9.17, 15) is 0 Å². The highest BCUT2D eigenvalue weighted by Gasteiger charge is 2.26. The van der Waals surface area contributed by atoms with Gasteiger partial charge in [-0.05, 0) is 37.3 Å². The van der Waals surface area contributed by atoms with Crippen molar-refractivity contribution in [3.63, 3.8) is 0 Å². The van der Waals surface area contributed by atoms with Crippen LogP contribution in [0.1, 0.15) is 32.6 Å². The number of allylic oxidation sites excluding steroid dienone is 2. The summed E-state index contributed by atoms with van der Waals surface area (Å²) in [6, 6.07) is 16.8. The molecule has 0 unspecified atom stereocenters. The van der Waals surface area contributed by atoms with E-state index in [1.54, 1.807) is 0 Å². The van der Waals surface area contributed by atoms with Gasteiger partial charge in [0.1, 0.15) is 5.82 Å². The number of aromatic nitrogens is 1. The summed E-state index contributed by atoms with van der Waals surface area (Å²) < 4.78 is 8.40. The molecule has 144 valence electrons. The van der Waals surface area contributed by atoms with Gasteiger partial charge in [0.05, 0.1) is 17.5 Å². The quantitative estimate of drug-likeness (QED) is 0.543. The minimum absolute atomic E-state index is 0.896. The van der Waals surface area contributed by atoms with Gasteiger partial charge in [-0.2, -0.15) is 4.57 Å². The first-order valence-electron chi connectivity index (χ1n) is 10.1. The third-order valence-electron chi connectivity index (χ3n) is 5.33. The molecule has 2 aromatic carbocycles. The molecule has 0 amide bonds. The number of hydrogen-bond acceptors (Lipinski definition) is 3. The van der Waals surface area contributed by atoms with Crippen molar-refractivity contribution < 1.29 is 8.98 Å². The molecule has 4 nitrogen and oxygen atoms in total. The zero-order valence-corrected chi connectivity index (χ0v) is 16.9. The van der Waals surface area contributed by atoms with Crippen molar-refractivity contribution in [2.24, 2.45) is 0 Å². The van der Waals surface area contributed by atoms with E-state index in [2.05, 4.69) is 89.9 Å². The monoisotopic (exact) mass is 374 g/mol. The van der Waals surface area contributed by atoms with E-state index in [4.69, 9.17) is 4.42 Å². The van der Waals surface area contributed by atoms with Crippen LogP contribution in [0.3, 0.4) is 0 Å². The molecular formula is C24H28N3O+. The van der Waals surface area contributed by atoms with Crippen LogP contribution in [0.5, 0.6) is 0 Å². The SMILES string of the molecule is CCCC[n+]1c(C=CC=C2N(C)c3ccccc3N2CC)oc2ccccc21. The van der Waals surface area contributed by atoms with Crippen molar-refractivity contribution in [3.8, 4) is 0 Å². The predicted molar refractivity (Wildman–Crippen MR) is 116 cm³/mol. The van der Waals surface area contributed by atoms with Gasteiger partial charge >= 0.3 is 5.89 Å². The fourth-order valence-electron chi connectivity index (χ4n) is 3.88. The topological polar surface area (TPSA) is 23.5 Å². The molecule has 28 heavy (non-hydrogen) atoms. The third-order valence-corrected chi connectivity index (χ3v) is 5.33. The Morgan fingerprint density at radius 1 is 1.00 bits per heavy atom. The molecule has 0 spiro atoms. The van der Waals surface area contributed by atoms with Gasteiger partial charge in [-0.25, -0.2) is 0 Å². The zero-order valence-electron chi connectivity index (χ0n) is 16.9. The first-order chi connectivity index (χ1) is 13.7. The summed E-state index contributed by atoms with van der Waals surface area (Å²) in [5.74, 6) is 2.07. The Labute approximate surface area is 167 Å². The summed E-state index contributed by atoms with van der Waals surface area (Å²) in [4.78, 5) is 4.58. The van der Waals surface area contributed by atoms with Crippen LogP contribution in [0.15, 0.2) is 70.9 Å². The van der Waals surface area contributed by atoms with Crippen molar-refractivity contribution >= 4 is 28.6 Å². The highest BCUT2D eigenvalue weighted by Crippen LogP contribution is 2.39. The second-order valence-corrected chi connectivity index (χ2v) is 7.09. The van der Waals surface area contributed by atoms with Crippen LogP contribution in [-0.4, -0.2) is 13.6 Å². The Bertz CT molecular complexity index is 1030. The Balaban J connectivity index is 1.66. The summed E-state index contributed by atoms with van der Waals surface area (Å²) in [7, 11) is 2.12. The molecule has 1 aromatic heterocycles. The summed E-state index contributed by atoms with van der Waals surface area (Å²) in [5, 5.41) is 0. The highest BCUT2D eigenvalue weighted by molar-refractivity contribution is 5.82. The number of fused-ring (bicyclic) bond motifs is 2. The highest BCUT2D eigenvalue weighted by atomic mass is 16.3. The van der Waals surface area contributed by atoms with E-state index in [1.807, 2.05) is 12.1 Å². The van der Waals surface area contributed by atoms with Crippen molar-refractivity contribution in [1.82, 2.24) is 0 Å². The Hall–Kier alpha value is -3.01. The molecule has 0 aliphatic carbocycles. The first kappa shape index (κ1) is 18.4. The lowest BCUT2D eigenvalue weighted by atomic mass is 10.2. The maximum atomic E-state index is 6.12. The van der Waals surface area contributed by atoms with Gasteiger partial charge in [0, 0.05) is 26.1 Å². The molecule has 0 saturated heterocycles. The summed E-state index contributed by atoms with van der Waals surface area (Å²) in [5.41, 5.74) is 4.59. The Morgan fingerprint density at radius 3 is 2.54 bits per heavy atom. The van der Waals surface area contributed by atoms with Gasteiger partial charge < -0.3 is 14.2 Å². The smallest absolute Gasteiger partial charge is 0.374 e. The van der Waals surface area contributed by atoms with E-state index >= 15 is 0 Å². The van der Waals surface area contributed by atoms with Gasteiger partial charge in [0.25, 0.3) is 5.52 Å². The minimum Gasteiger partial charge on any atom is -0.398 e. The van der Waals surface area contributed by atoms with Crippen molar-refractivity contribution in [2.75, 3.05) is 23.4 Å². The second kappa shape index (κ2) is 7.93. The number of oxazole rings is 1. The Morgan fingerprint density at radius 2 is 1.75 bits per heavy atom. The molecule has 0 radical (unpaired) electrons. The van der Waals surface area contributed by atoms with Crippen molar-refractivity contribution in [2.45, 2.75) is 33.2 Å². The van der Waals surface area contributed by atoms with Crippen LogP contribution in [0.25, 0.3) is 17.2 Å². The lowest BCUT2D eigenvalue weighted by Crippen LogP contribution is -2.35. The van der Waals surface area contributed by atoms with E-state index in [1.165, 1.54) is 17.2 Å². The van der Waals surface area contributed by atoms with Crippen LogP contribution < -0.4 is 14.4 Å². The molecule has 4 heteroatoms. The molecule has 0 saturated carbocycles. The molecule has 0 fully saturated rings. The second-order valence-electron chi connectivity index (χ2n) is 7.09. The van der Waals surface area contributed by atoms with Crippen LogP contribution in [0.4, 0.5) is 11.4 Å². The molecule has 1 aliphatic rings. The molecule has 0 N–H and O–H groups in total. The van der Waals surface area contributed by atoms with E-state index in [0.29, 0.717) is 0 Å². The minimum atomic E-state index is 0.896. The summed E-state index contributed by atoms with van der Waals surface area (Å²) in [6.45, 7) is 6.31. The zero-order chi connectivity index (χ0) is 19.5. The number of hydrogen-bond donors (Lipinski definition) is 0. The van der Waals surface area contributed by atoms with Crippen molar-refractivity contribution in [1.29, 1.82) is 0 Å². The lowest BCUT2D eigenvalue weighted by Gasteiger charge is -2.20. The first-order valence-corrected chi connectivity index (χ1v) is 10.1. The number of para-hydroxylation sites is 4. The van der Waals surface area contributed by atoms with Gasteiger partial charge in [0.2, 0.25) is 5.58 Å². The third kappa shape index (κ3) is 3.19. The van der Waals surface area contributed by atoms with Gasteiger partial charge in [-0.1, -0.05) is 37.6 Å². The number of nitrogens with zero attached hydrogens (tertiary/aromatic N) is 3. The van der Waals surface area contributed by atoms with Gasteiger partial charge in [-0.3, -0.25) is 0 Å². The lowest BCUT2D eigenvalue weighted by molar-refractivity contribution is -0.678. The van der Waals surface area contributed by atoms with Crippen molar-refractivity contribution in [3.05, 3.63) is 72.4 Å². The maximum absolute atomic E-state index is 6.12. The molecular weight excluding hydrogens is 346 g/mol. The number of aryl methyl sites for hydroxylation is 1. The number of anilines is 2. The van der Waals surface area contributed by atoms with Gasteiger partial charge in [0.15, 0.2) is 6.54 Å². The van der Waals surface area contributed by atoms with Crippen LogP contribution in [-0.2, 0) is 6.54 Å². The number of unbranched alkanes of at least 4 members (excludes halogenated alkanes) is 1. The maximum Gasteiger partial charge on any atom is 0.374 e. The molecule has 1 aliphatic heterocycles. The van der Waals surface area contributed by atoms with Crippen LogP contribution in [0.2, 0.25) is 0 Å². The summed E-state index contributed by atoms with van der Waals surface area (Å²) >= 11 is 0. The Kier molecular flexibility index (Phi) is 5.20. The molecule has 4 rings (SSSR count). The van der Waals surface area contributed by atoms with Crippen LogP contribution >= 0.6 is 0 Å². The standard InChI is InChI=1S/C24H28N3O/c1-4-6-18-27-21-14-9-10-15-22(21)28-24(27)17-11-16-23-25(3)19-12-7-8-13-20(19)26(23)5-2/h7-17H,4-6,18H2,1-3H3/q+1. The normalized spacial score (nSPS) is 15.3. The average molecular weight is 375 g/mol. The van der Waals surface area contributed by atoms with Crippen LogP contribution in [0, 0.1) is 0 Å². The van der Waals surface area contributed by atoms with E-state index in [0.717, 1.165) is 42.9 Å². The number of benzene rings is 2. The summed E-state index contributed by atoms with van der Waals surface area (Å²) in [6.07, 6.45) is 8.64. The van der Waals surface area contributed by atoms with E-state index in [-0.39, 0.29) is 0 Å².